The molecule has 1 aromatic carbocycles. The second-order valence-corrected chi connectivity index (χ2v) is 6.74. The molecule has 2 aromatic rings. The number of aromatic nitrogens is 1. The summed E-state index contributed by atoms with van der Waals surface area (Å²) < 4.78 is 0. The highest BCUT2D eigenvalue weighted by atomic mass is 35.5. The highest BCUT2D eigenvalue weighted by molar-refractivity contribution is 6.31. The van der Waals surface area contributed by atoms with Gasteiger partial charge in [-0.05, 0) is 50.3 Å². The standard InChI is InChI=1S/C17H22ClN3O/c1-11(2)20-17(22)21-7-5-12(6-8-21)15-10-19-16-9-13(18)3-4-14(15)16/h3-4,9-12,19H,5-8H2,1-2H3,(H,20,22). The van der Waals surface area contributed by atoms with E-state index in [4.69, 9.17) is 11.6 Å². The van der Waals surface area contributed by atoms with Crippen LogP contribution in [0.15, 0.2) is 24.4 Å². The lowest BCUT2D eigenvalue weighted by Crippen LogP contribution is -2.46. The van der Waals surface area contributed by atoms with Crippen molar-refractivity contribution in [3.05, 3.63) is 35.0 Å². The first-order valence-electron chi connectivity index (χ1n) is 7.86. The molecule has 118 valence electrons. The molecule has 2 amide bonds. The van der Waals surface area contributed by atoms with Crippen molar-refractivity contribution in [1.82, 2.24) is 15.2 Å². The number of nitrogens with zero attached hydrogens (tertiary/aromatic N) is 1. The smallest absolute Gasteiger partial charge is 0.317 e. The Morgan fingerprint density at radius 2 is 2.09 bits per heavy atom. The van der Waals surface area contributed by atoms with Crippen molar-refractivity contribution >= 4 is 28.5 Å². The third-order valence-electron chi connectivity index (χ3n) is 4.31. The van der Waals surface area contributed by atoms with Gasteiger partial charge in [0.25, 0.3) is 0 Å². The van der Waals surface area contributed by atoms with Gasteiger partial charge in [0.1, 0.15) is 0 Å². The van der Waals surface area contributed by atoms with Gasteiger partial charge in [-0.3, -0.25) is 0 Å². The molecule has 2 heterocycles. The van der Waals surface area contributed by atoms with Crippen LogP contribution in [0.1, 0.15) is 38.2 Å². The highest BCUT2D eigenvalue weighted by Gasteiger charge is 2.25. The monoisotopic (exact) mass is 319 g/mol. The summed E-state index contributed by atoms with van der Waals surface area (Å²) in [6, 6.07) is 6.22. The van der Waals surface area contributed by atoms with Gasteiger partial charge in [0, 0.05) is 41.3 Å². The van der Waals surface area contributed by atoms with Crippen LogP contribution in [0.4, 0.5) is 4.79 Å². The Morgan fingerprint density at radius 1 is 1.36 bits per heavy atom. The number of carbonyl (C=O) groups is 1. The molecule has 22 heavy (non-hydrogen) atoms. The number of hydrogen-bond acceptors (Lipinski definition) is 1. The average Bonchev–Trinajstić information content (AvgIpc) is 2.89. The maximum absolute atomic E-state index is 12.0. The lowest BCUT2D eigenvalue weighted by molar-refractivity contribution is 0.179. The molecule has 1 fully saturated rings. The Morgan fingerprint density at radius 3 is 2.77 bits per heavy atom. The van der Waals surface area contributed by atoms with E-state index in [0.29, 0.717) is 5.92 Å². The van der Waals surface area contributed by atoms with E-state index < -0.39 is 0 Å². The summed E-state index contributed by atoms with van der Waals surface area (Å²) in [7, 11) is 0. The molecular formula is C17H22ClN3O. The molecule has 1 aliphatic rings. The number of amides is 2. The fourth-order valence-electron chi connectivity index (χ4n) is 3.19. The van der Waals surface area contributed by atoms with Crippen molar-refractivity contribution in [3.8, 4) is 0 Å². The molecule has 0 radical (unpaired) electrons. The zero-order valence-electron chi connectivity index (χ0n) is 13.0. The molecule has 1 saturated heterocycles. The highest BCUT2D eigenvalue weighted by Crippen LogP contribution is 2.34. The summed E-state index contributed by atoms with van der Waals surface area (Å²) >= 11 is 6.04. The molecule has 0 spiro atoms. The van der Waals surface area contributed by atoms with Crippen molar-refractivity contribution in [2.45, 2.75) is 38.6 Å². The Bertz CT molecular complexity index is 672. The number of aromatic amines is 1. The van der Waals surface area contributed by atoms with E-state index >= 15 is 0 Å². The summed E-state index contributed by atoms with van der Waals surface area (Å²) in [5.41, 5.74) is 2.43. The van der Waals surface area contributed by atoms with Gasteiger partial charge in [0.15, 0.2) is 0 Å². The average molecular weight is 320 g/mol. The Kier molecular flexibility index (Phi) is 4.30. The molecule has 1 aliphatic heterocycles. The van der Waals surface area contributed by atoms with E-state index in [1.54, 1.807) is 0 Å². The van der Waals surface area contributed by atoms with Crippen molar-refractivity contribution in [2.75, 3.05) is 13.1 Å². The predicted octanol–water partition coefficient (Wildman–Crippen LogP) is 4.12. The minimum absolute atomic E-state index is 0.0548. The Labute approximate surface area is 135 Å². The SMILES string of the molecule is CC(C)NC(=O)N1CCC(c2c[nH]c3cc(Cl)ccc23)CC1. The van der Waals surface area contributed by atoms with Crippen LogP contribution in [0.25, 0.3) is 10.9 Å². The van der Waals surface area contributed by atoms with Crippen LogP contribution in [0.3, 0.4) is 0 Å². The molecule has 3 rings (SSSR count). The van der Waals surface area contributed by atoms with Gasteiger partial charge in [-0.15, -0.1) is 0 Å². The quantitative estimate of drug-likeness (QED) is 0.859. The molecule has 2 N–H and O–H groups in total. The fraction of sp³-hybridized carbons (Fsp3) is 0.471. The number of piperidine rings is 1. The summed E-state index contributed by atoms with van der Waals surface area (Å²) in [5, 5.41) is 4.96. The van der Waals surface area contributed by atoms with Crippen molar-refractivity contribution in [1.29, 1.82) is 0 Å². The van der Waals surface area contributed by atoms with Crippen molar-refractivity contribution in [2.24, 2.45) is 0 Å². The van der Waals surface area contributed by atoms with Gasteiger partial charge in [-0.1, -0.05) is 17.7 Å². The topological polar surface area (TPSA) is 48.1 Å². The first-order chi connectivity index (χ1) is 10.5. The molecule has 1 aromatic heterocycles. The number of halogens is 1. The molecule has 0 aliphatic carbocycles. The van der Waals surface area contributed by atoms with E-state index in [1.165, 1.54) is 10.9 Å². The van der Waals surface area contributed by atoms with E-state index in [-0.39, 0.29) is 12.1 Å². The summed E-state index contributed by atoms with van der Waals surface area (Å²) in [6.45, 7) is 5.59. The molecule has 5 heteroatoms. The first kappa shape index (κ1) is 15.2. The molecule has 0 unspecified atom stereocenters. The van der Waals surface area contributed by atoms with Gasteiger partial charge in [-0.2, -0.15) is 0 Å². The molecule has 0 saturated carbocycles. The number of benzene rings is 1. The minimum Gasteiger partial charge on any atom is -0.361 e. The summed E-state index contributed by atoms with van der Waals surface area (Å²) in [6.07, 6.45) is 4.09. The third kappa shape index (κ3) is 3.07. The van der Waals surface area contributed by atoms with E-state index in [9.17, 15) is 4.79 Å². The number of fused-ring (bicyclic) bond motifs is 1. The number of H-pyrrole nitrogens is 1. The second kappa shape index (κ2) is 6.21. The number of hydrogen-bond donors (Lipinski definition) is 2. The lowest BCUT2D eigenvalue weighted by atomic mass is 9.89. The predicted molar refractivity (Wildman–Crippen MR) is 90.5 cm³/mol. The zero-order chi connectivity index (χ0) is 15.7. The molecule has 0 bridgehead atoms. The van der Waals surface area contributed by atoms with Crippen molar-refractivity contribution < 1.29 is 4.79 Å². The number of urea groups is 1. The summed E-state index contributed by atoms with van der Waals surface area (Å²) in [4.78, 5) is 17.3. The van der Waals surface area contributed by atoms with Crippen LogP contribution < -0.4 is 5.32 Å². The van der Waals surface area contributed by atoms with Crippen LogP contribution >= 0.6 is 11.6 Å². The normalized spacial score (nSPS) is 16.5. The van der Waals surface area contributed by atoms with E-state index in [0.717, 1.165) is 36.5 Å². The molecule has 0 atom stereocenters. The van der Waals surface area contributed by atoms with Crippen LogP contribution in [0.2, 0.25) is 5.02 Å². The Balaban J connectivity index is 1.69. The molecule has 4 nitrogen and oxygen atoms in total. The number of likely N-dealkylation sites (tertiary alicyclic amines) is 1. The third-order valence-corrected chi connectivity index (χ3v) is 4.55. The number of carbonyl (C=O) groups excluding carboxylic acids is 1. The first-order valence-corrected chi connectivity index (χ1v) is 8.24. The van der Waals surface area contributed by atoms with Gasteiger partial charge < -0.3 is 15.2 Å². The number of nitrogens with one attached hydrogen (secondary N) is 2. The van der Waals surface area contributed by atoms with Crippen LogP contribution in [0.5, 0.6) is 0 Å². The van der Waals surface area contributed by atoms with Gasteiger partial charge >= 0.3 is 6.03 Å². The zero-order valence-corrected chi connectivity index (χ0v) is 13.8. The molecular weight excluding hydrogens is 298 g/mol. The van der Waals surface area contributed by atoms with E-state index in [2.05, 4.69) is 22.6 Å². The maximum atomic E-state index is 12.0. The second-order valence-electron chi connectivity index (χ2n) is 6.30. The largest absolute Gasteiger partial charge is 0.361 e. The fourth-order valence-corrected chi connectivity index (χ4v) is 3.36. The van der Waals surface area contributed by atoms with Gasteiger partial charge in [-0.25, -0.2) is 4.79 Å². The van der Waals surface area contributed by atoms with Crippen LogP contribution in [0, 0.1) is 0 Å². The maximum Gasteiger partial charge on any atom is 0.317 e. The van der Waals surface area contributed by atoms with Gasteiger partial charge in [0.05, 0.1) is 0 Å². The Hall–Kier alpha value is -1.68. The minimum atomic E-state index is 0.0548. The lowest BCUT2D eigenvalue weighted by Gasteiger charge is -2.32. The van der Waals surface area contributed by atoms with Gasteiger partial charge in [0.2, 0.25) is 0 Å². The van der Waals surface area contributed by atoms with Crippen molar-refractivity contribution in [3.63, 3.8) is 0 Å². The summed E-state index contributed by atoms with van der Waals surface area (Å²) in [5.74, 6) is 0.498. The number of rotatable bonds is 2. The van der Waals surface area contributed by atoms with Crippen LogP contribution in [-0.2, 0) is 0 Å². The van der Waals surface area contributed by atoms with E-state index in [1.807, 2.05) is 30.9 Å². The van der Waals surface area contributed by atoms with Crippen LogP contribution in [-0.4, -0.2) is 35.0 Å².